The van der Waals surface area contributed by atoms with E-state index in [4.69, 9.17) is 10.5 Å². The third kappa shape index (κ3) is 2.36. The van der Waals surface area contributed by atoms with Crippen LogP contribution in [0.4, 0.5) is 0 Å². The smallest absolute Gasteiger partial charge is 0.143 e. The Balaban J connectivity index is 1.69. The molecule has 1 spiro atoms. The first-order valence-electron chi connectivity index (χ1n) is 8.08. The minimum absolute atomic E-state index is 0.0381. The van der Waals surface area contributed by atoms with Gasteiger partial charge in [-0.2, -0.15) is 0 Å². The lowest BCUT2D eigenvalue weighted by Crippen LogP contribution is -2.51. The van der Waals surface area contributed by atoms with Crippen molar-refractivity contribution in [3.05, 3.63) is 0 Å². The molecule has 0 radical (unpaired) electrons. The zero-order chi connectivity index (χ0) is 13.3. The first kappa shape index (κ1) is 13.6. The number of ether oxygens (including phenoxy) is 1. The third-order valence-corrected chi connectivity index (χ3v) is 5.85. The van der Waals surface area contributed by atoms with Gasteiger partial charge in [0, 0.05) is 24.5 Å². The molecule has 1 unspecified atom stereocenters. The molecule has 2 aliphatic carbocycles. The zero-order valence-corrected chi connectivity index (χ0v) is 12.0. The number of nitrogens with two attached hydrogens (primary N) is 1. The summed E-state index contributed by atoms with van der Waals surface area (Å²) < 4.78 is 6.10. The highest BCUT2D eigenvalue weighted by Crippen LogP contribution is 2.47. The largest absolute Gasteiger partial charge is 0.375 e. The van der Waals surface area contributed by atoms with E-state index < -0.39 is 0 Å². The van der Waals surface area contributed by atoms with Crippen LogP contribution >= 0.6 is 0 Å². The van der Waals surface area contributed by atoms with Crippen molar-refractivity contribution in [2.24, 2.45) is 17.1 Å². The van der Waals surface area contributed by atoms with Crippen molar-refractivity contribution in [2.75, 3.05) is 13.2 Å². The predicted octanol–water partition coefficient (Wildman–Crippen LogP) is 2.81. The van der Waals surface area contributed by atoms with Gasteiger partial charge in [0.25, 0.3) is 0 Å². The van der Waals surface area contributed by atoms with Crippen molar-refractivity contribution in [2.45, 2.75) is 69.8 Å². The van der Waals surface area contributed by atoms with E-state index in [1.165, 1.54) is 25.7 Å². The maximum atomic E-state index is 12.8. The van der Waals surface area contributed by atoms with Gasteiger partial charge in [-0.15, -0.1) is 0 Å². The molecule has 3 heteroatoms. The van der Waals surface area contributed by atoms with Crippen molar-refractivity contribution in [3.8, 4) is 0 Å². The molecule has 0 aromatic rings. The van der Waals surface area contributed by atoms with Gasteiger partial charge < -0.3 is 10.5 Å². The number of rotatable bonds is 3. The average molecular weight is 265 g/mol. The van der Waals surface area contributed by atoms with E-state index in [0.29, 0.717) is 12.3 Å². The van der Waals surface area contributed by atoms with Gasteiger partial charge in [-0.25, -0.2) is 0 Å². The van der Waals surface area contributed by atoms with Crippen LogP contribution in [0.5, 0.6) is 0 Å². The van der Waals surface area contributed by atoms with Crippen molar-refractivity contribution in [1.82, 2.24) is 0 Å². The van der Waals surface area contributed by atoms with Gasteiger partial charge in [-0.1, -0.05) is 25.7 Å². The van der Waals surface area contributed by atoms with Crippen LogP contribution in [0.3, 0.4) is 0 Å². The van der Waals surface area contributed by atoms with Crippen molar-refractivity contribution in [1.29, 1.82) is 0 Å². The Morgan fingerprint density at radius 3 is 2.42 bits per heavy atom. The molecule has 3 nitrogen and oxygen atoms in total. The fourth-order valence-corrected chi connectivity index (χ4v) is 4.38. The molecule has 2 saturated carbocycles. The van der Waals surface area contributed by atoms with Crippen molar-refractivity contribution >= 4 is 5.78 Å². The van der Waals surface area contributed by atoms with Gasteiger partial charge in [-0.05, 0) is 38.5 Å². The molecule has 0 bridgehead atoms. The number of Topliss-reactive ketones (excluding diaryl/α,β-unsaturated/α-hetero) is 1. The number of carbonyl (C=O) groups excluding carboxylic acids is 1. The summed E-state index contributed by atoms with van der Waals surface area (Å²) in [4.78, 5) is 12.8. The Kier molecular flexibility index (Phi) is 3.69. The van der Waals surface area contributed by atoms with E-state index in [2.05, 4.69) is 0 Å². The van der Waals surface area contributed by atoms with Crippen LogP contribution < -0.4 is 5.73 Å². The van der Waals surface area contributed by atoms with Gasteiger partial charge in [0.2, 0.25) is 0 Å². The summed E-state index contributed by atoms with van der Waals surface area (Å²) in [6.07, 6.45) is 11.3. The lowest BCUT2D eigenvalue weighted by Gasteiger charge is -2.47. The van der Waals surface area contributed by atoms with Crippen LogP contribution in [0.25, 0.3) is 0 Å². The van der Waals surface area contributed by atoms with Crippen LogP contribution in [-0.2, 0) is 9.53 Å². The molecule has 19 heavy (non-hydrogen) atoms. The van der Waals surface area contributed by atoms with E-state index >= 15 is 0 Å². The lowest BCUT2D eigenvalue weighted by atomic mass is 9.61. The van der Waals surface area contributed by atoms with E-state index in [9.17, 15) is 4.79 Å². The van der Waals surface area contributed by atoms with Gasteiger partial charge in [0.05, 0.1) is 5.60 Å². The summed E-state index contributed by atoms with van der Waals surface area (Å²) in [7, 11) is 0. The second-order valence-electron chi connectivity index (χ2n) is 6.98. The Hall–Kier alpha value is -0.410. The second-order valence-corrected chi connectivity index (χ2v) is 6.98. The third-order valence-electron chi connectivity index (χ3n) is 5.85. The van der Waals surface area contributed by atoms with Crippen molar-refractivity contribution < 1.29 is 9.53 Å². The summed E-state index contributed by atoms with van der Waals surface area (Å²) in [6, 6.07) is 0. The zero-order valence-electron chi connectivity index (χ0n) is 12.0. The SMILES string of the molecule is NCC1(C(=O)C2CCOC3(CCCCC3)C2)CCC1. The highest BCUT2D eigenvalue weighted by Gasteiger charge is 2.49. The number of carbonyl (C=O) groups is 1. The fraction of sp³-hybridized carbons (Fsp3) is 0.938. The molecule has 1 saturated heterocycles. The van der Waals surface area contributed by atoms with Crippen LogP contribution in [-0.4, -0.2) is 24.5 Å². The average Bonchev–Trinajstić information content (AvgIpc) is 2.39. The summed E-state index contributed by atoms with van der Waals surface area (Å²) in [5.41, 5.74) is 5.78. The number of hydrogen-bond acceptors (Lipinski definition) is 3. The molecular formula is C16H27NO2. The van der Waals surface area contributed by atoms with Crippen LogP contribution in [0.15, 0.2) is 0 Å². The molecule has 1 aliphatic heterocycles. The van der Waals surface area contributed by atoms with Gasteiger partial charge in [0.1, 0.15) is 5.78 Å². The standard InChI is InChI=1S/C16H27NO2/c17-12-15(6-4-7-15)14(18)13-5-10-19-16(11-13)8-2-1-3-9-16/h13H,1-12,17H2. The highest BCUT2D eigenvalue weighted by atomic mass is 16.5. The van der Waals surface area contributed by atoms with E-state index in [1.54, 1.807) is 0 Å². The summed E-state index contributed by atoms with van der Waals surface area (Å²) in [5.74, 6) is 0.685. The Morgan fingerprint density at radius 2 is 1.84 bits per heavy atom. The molecule has 3 fully saturated rings. The lowest BCUT2D eigenvalue weighted by molar-refractivity contribution is -0.154. The second kappa shape index (κ2) is 5.17. The van der Waals surface area contributed by atoms with Crippen LogP contribution in [0.2, 0.25) is 0 Å². The van der Waals surface area contributed by atoms with E-state index in [1.807, 2.05) is 0 Å². The van der Waals surface area contributed by atoms with Crippen LogP contribution in [0.1, 0.15) is 64.2 Å². The van der Waals surface area contributed by atoms with Crippen LogP contribution in [0, 0.1) is 11.3 Å². The molecular weight excluding hydrogens is 238 g/mol. The number of ketones is 1. The Labute approximate surface area is 116 Å². The molecule has 0 aromatic heterocycles. The minimum Gasteiger partial charge on any atom is -0.375 e. The van der Waals surface area contributed by atoms with Gasteiger partial charge >= 0.3 is 0 Å². The summed E-state index contributed by atoms with van der Waals surface area (Å²) in [6.45, 7) is 1.33. The summed E-state index contributed by atoms with van der Waals surface area (Å²) >= 11 is 0. The fourth-order valence-electron chi connectivity index (χ4n) is 4.38. The van der Waals surface area contributed by atoms with Crippen molar-refractivity contribution in [3.63, 3.8) is 0 Å². The molecule has 1 atom stereocenters. The molecule has 108 valence electrons. The molecule has 2 N–H and O–H groups in total. The molecule has 1 heterocycles. The Bertz CT molecular complexity index is 332. The molecule has 3 rings (SSSR count). The van der Waals surface area contributed by atoms with Gasteiger partial charge in [0.15, 0.2) is 0 Å². The highest BCUT2D eigenvalue weighted by molar-refractivity contribution is 5.88. The molecule has 3 aliphatic rings. The topological polar surface area (TPSA) is 52.3 Å². The van der Waals surface area contributed by atoms with E-state index in [-0.39, 0.29) is 16.9 Å². The molecule has 0 amide bonds. The minimum atomic E-state index is -0.155. The first-order chi connectivity index (χ1) is 9.20. The maximum Gasteiger partial charge on any atom is 0.143 e. The first-order valence-corrected chi connectivity index (χ1v) is 8.08. The maximum absolute atomic E-state index is 12.8. The quantitative estimate of drug-likeness (QED) is 0.853. The predicted molar refractivity (Wildman–Crippen MR) is 74.8 cm³/mol. The normalized spacial score (nSPS) is 32.8. The molecule has 0 aromatic carbocycles. The van der Waals surface area contributed by atoms with E-state index in [0.717, 1.165) is 45.1 Å². The number of hydrogen-bond donors (Lipinski definition) is 1. The summed E-state index contributed by atoms with van der Waals surface area (Å²) in [5, 5.41) is 0. The Morgan fingerprint density at radius 1 is 1.11 bits per heavy atom. The van der Waals surface area contributed by atoms with Gasteiger partial charge in [-0.3, -0.25) is 4.79 Å². The monoisotopic (exact) mass is 265 g/mol.